The van der Waals surface area contributed by atoms with Crippen LogP contribution in [0.3, 0.4) is 0 Å². The number of benzene rings is 1. The van der Waals surface area contributed by atoms with Gasteiger partial charge in [-0.15, -0.1) is 0 Å². The van der Waals surface area contributed by atoms with Crippen LogP contribution < -0.4 is 4.90 Å². The number of halogens is 1. The molecular weight excluding hydrogens is 427 g/mol. The summed E-state index contributed by atoms with van der Waals surface area (Å²) in [6.45, 7) is 3.96. The Bertz CT molecular complexity index is 1530. The molecule has 5 aromatic rings. The maximum absolute atomic E-state index is 14.3. The smallest absolute Gasteiger partial charge is 0.155 e. The Morgan fingerprint density at radius 2 is 1.91 bits per heavy atom. The number of nitrogens with one attached hydrogen (secondary N) is 1. The van der Waals surface area contributed by atoms with Crippen LogP contribution in [0.4, 0.5) is 10.2 Å². The van der Waals surface area contributed by atoms with E-state index in [1.54, 1.807) is 12.3 Å². The van der Waals surface area contributed by atoms with Crippen LogP contribution in [0.1, 0.15) is 29.8 Å². The zero-order valence-electron chi connectivity index (χ0n) is 19.1. The predicted molar refractivity (Wildman–Crippen MR) is 130 cm³/mol. The number of aryl methyl sites for hydroxylation is 1. The van der Waals surface area contributed by atoms with E-state index in [4.69, 9.17) is 4.98 Å². The van der Waals surface area contributed by atoms with Gasteiger partial charge in [0.1, 0.15) is 11.3 Å². The van der Waals surface area contributed by atoms with Crippen LogP contribution in [0, 0.1) is 18.2 Å². The summed E-state index contributed by atoms with van der Waals surface area (Å²) in [6, 6.07) is 11.4. The first-order valence-corrected chi connectivity index (χ1v) is 11.9. The number of pyridine rings is 1. The van der Waals surface area contributed by atoms with Gasteiger partial charge in [-0.3, -0.25) is 4.98 Å². The number of rotatable bonds is 2. The van der Waals surface area contributed by atoms with Crippen molar-refractivity contribution in [3.05, 3.63) is 77.8 Å². The summed E-state index contributed by atoms with van der Waals surface area (Å²) >= 11 is 0. The molecule has 1 N–H and O–H groups in total. The van der Waals surface area contributed by atoms with Gasteiger partial charge in [0.05, 0.1) is 23.1 Å². The van der Waals surface area contributed by atoms with Gasteiger partial charge in [0.2, 0.25) is 0 Å². The molecule has 0 saturated carbocycles. The number of fused-ring (bicyclic) bond motifs is 3. The second-order valence-corrected chi connectivity index (χ2v) is 9.81. The largest absolute Gasteiger partial charge is 0.361 e. The van der Waals surface area contributed by atoms with Crippen LogP contribution in [0.25, 0.3) is 27.7 Å². The lowest BCUT2D eigenvalue weighted by atomic mass is 9.76. The molecule has 1 fully saturated rings. The lowest BCUT2D eigenvalue weighted by Gasteiger charge is -2.40. The van der Waals surface area contributed by atoms with Crippen LogP contribution in [-0.4, -0.2) is 37.7 Å². The van der Waals surface area contributed by atoms with E-state index >= 15 is 0 Å². The van der Waals surface area contributed by atoms with Gasteiger partial charge >= 0.3 is 0 Å². The van der Waals surface area contributed by atoms with Gasteiger partial charge in [-0.2, -0.15) is 5.10 Å². The summed E-state index contributed by atoms with van der Waals surface area (Å²) < 4.78 is 16.3. The first-order valence-electron chi connectivity index (χ1n) is 11.9. The molecule has 1 saturated heterocycles. The second-order valence-electron chi connectivity index (χ2n) is 9.81. The van der Waals surface area contributed by atoms with Gasteiger partial charge in [-0.05, 0) is 73.9 Å². The SMILES string of the molecule is Cc1nc(N2CCC3(CC2)Cc2cccnc2C3)c2ccnn2c1-c1ccc(F)c2cc[nH]c12. The van der Waals surface area contributed by atoms with E-state index in [1.807, 2.05) is 36.0 Å². The average Bonchev–Trinajstić information content (AvgIpc) is 3.59. The molecule has 0 amide bonds. The molecule has 0 atom stereocenters. The van der Waals surface area contributed by atoms with E-state index in [0.717, 1.165) is 72.6 Å². The molecule has 34 heavy (non-hydrogen) atoms. The zero-order chi connectivity index (χ0) is 22.9. The lowest BCUT2D eigenvalue weighted by Crippen LogP contribution is -2.41. The van der Waals surface area contributed by atoms with Crippen molar-refractivity contribution in [1.82, 2.24) is 24.6 Å². The fraction of sp³-hybridized carbons (Fsp3) is 0.296. The van der Waals surface area contributed by atoms with Crippen LogP contribution in [-0.2, 0) is 12.8 Å². The summed E-state index contributed by atoms with van der Waals surface area (Å²) in [7, 11) is 0. The summed E-state index contributed by atoms with van der Waals surface area (Å²) in [6.07, 6.45) is 9.99. The summed E-state index contributed by atoms with van der Waals surface area (Å²) in [5.74, 6) is 0.748. The number of aromatic nitrogens is 5. The van der Waals surface area contributed by atoms with Crippen molar-refractivity contribution in [1.29, 1.82) is 0 Å². The highest BCUT2D eigenvalue weighted by atomic mass is 19.1. The van der Waals surface area contributed by atoms with Crippen molar-refractivity contribution in [3.8, 4) is 11.3 Å². The van der Waals surface area contributed by atoms with E-state index in [9.17, 15) is 4.39 Å². The molecule has 7 rings (SSSR count). The molecule has 4 aromatic heterocycles. The Morgan fingerprint density at radius 1 is 1.03 bits per heavy atom. The molecular formula is C27H25FN6. The Kier molecular flexibility index (Phi) is 4.13. The highest BCUT2D eigenvalue weighted by Crippen LogP contribution is 2.45. The topological polar surface area (TPSA) is 62.1 Å². The number of nitrogens with zero attached hydrogens (tertiary/aromatic N) is 5. The fourth-order valence-corrected chi connectivity index (χ4v) is 6.09. The third-order valence-electron chi connectivity index (χ3n) is 7.84. The van der Waals surface area contributed by atoms with Crippen LogP contribution in [0.2, 0.25) is 0 Å². The minimum Gasteiger partial charge on any atom is -0.361 e. The van der Waals surface area contributed by atoms with Crippen LogP contribution in [0.15, 0.2) is 55.0 Å². The summed E-state index contributed by atoms with van der Waals surface area (Å²) in [5, 5.41) is 5.24. The second kappa shape index (κ2) is 7.13. The number of anilines is 1. The van der Waals surface area contributed by atoms with Gasteiger partial charge in [0, 0.05) is 42.1 Å². The van der Waals surface area contributed by atoms with Crippen LogP contribution in [0.5, 0.6) is 0 Å². The van der Waals surface area contributed by atoms with E-state index in [-0.39, 0.29) is 5.82 Å². The molecule has 0 unspecified atom stereocenters. The normalized spacial score (nSPS) is 17.2. The molecule has 0 radical (unpaired) electrons. The van der Waals surface area contributed by atoms with E-state index in [1.165, 1.54) is 17.3 Å². The fourth-order valence-electron chi connectivity index (χ4n) is 6.09. The minimum atomic E-state index is -0.231. The van der Waals surface area contributed by atoms with Crippen molar-refractivity contribution in [2.24, 2.45) is 5.41 Å². The summed E-state index contributed by atoms with van der Waals surface area (Å²) in [5.41, 5.74) is 7.45. The minimum absolute atomic E-state index is 0.231. The standard InChI is InChI=1S/C27H25FN6/c1-17-25(20-4-5-21(28)19-6-11-30-24(19)20)34-23(7-12-31-34)26(32-17)33-13-8-27(9-14-33)15-18-3-2-10-29-22(18)16-27/h2-7,10-12,30H,8-9,13-16H2,1H3. The van der Waals surface area contributed by atoms with Gasteiger partial charge in [0.15, 0.2) is 5.82 Å². The van der Waals surface area contributed by atoms with Gasteiger partial charge in [-0.25, -0.2) is 13.9 Å². The Labute approximate surface area is 196 Å². The van der Waals surface area contributed by atoms with E-state index in [2.05, 4.69) is 32.1 Å². The number of H-pyrrole nitrogens is 1. The molecule has 7 heteroatoms. The monoisotopic (exact) mass is 452 g/mol. The Hall–Kier alpha value is -3.74. The van der Waals surface area contributed by atoms with Gasteiger partial charge in [-0.1, -0.05) is 6.07 Å². The molecule has 1 spiro atoms. The maximum Gasteiger partial charge on any atom is 0.155 e. The average molecular weight is 453 g/mol. The third kappa shape index (κ3) is 2.82. The van der Waals surface area contributed by atoms with Crippen molar-refractivity contribution >= 4 is 22.2 Å². The maximum atomic E-state index is 14.3. The predicted octanol–water partition coefficient (Wildman–Crippen LogP) is 5.11. The molecule has 170 valence electrons. The first-order chi connectivity index (χ1) is 16.6. The van der Waals surface area contributed by atoms with Gasteiger partial charge < -0.3 is 9.88 Å². The van der Waals surface area contributed by atoms with Gasteiger partial charge in [0.25, 0.3) is 0 Å². The van der Waals surface area contributed by atoms with Crippen molar-refractivity contribution in [3.63, 3.8) is 0 Å². The number of hydrogen-bond donors (Lipinski definition) is 1. The molecule has 5 heterocycles. The highest BCUT2D eigenvalue weighted by Gasteiger charge is 2.41. The van der Waals surface area contributed by atoms with Crippen molar-refractivity contribution < 1.29 is 4.39 Å². The quantitative estimate of drug-likeness (QED) is 0.405. The Balaban J connectivity index is 1.25. The number of piperidine rings is 1. The van der Waals surface area contributed by atoms with E-state index in [0.29, 0.717) is 10.8 Å². The highest BCUT2D eigenvalue weighted by molar-refractivity contribution is 5.95. The van der Waals surface area contributed by atoms with Crippen molar-refractivity contribution in [2.75, 3.05) is 18.0 Å². The lowest BCUT2D eigenvalue weighted by molar-refractivity contribution is 0.231. The molecule has 1 aliphatic carbocycles. The first kappa shape index (κ1) is 19.7. The molecule has 0 bridgehead atoms. The van der Waals surface area contributed by atoms with Crippen molar-refractivity contribution in [2.45, 2.75) is 32.6 Å². The Morgan fingerprint density at radius 3 is 2.76 bits per heavy atom. The molecule has 6 nitrogen and oxygen atoms in total. The number of aromatic amines is 1. The molecule has 1 aromatic carbocycles. The third-order valence-corrected chi connectivity index (χ3v) is 7.84. The summed E-state index contributed by atoms with van der Waals surface area (Å²) in [4.78, 5) is 15.3. The molecule has 1 aliphatic heterocycles. The zero-order valence-corrected chi connectivity index (χ0v) is 19.1. The number of hydrogen-bond acceptors (Lipinski definition) is 4. The van der Waals surface area contributed by atoms with E-state index < -0.39 is 0 Å². The van der Waals surface area contributed by atoms with Crippen LogP contribution >= 0.6 is 0 Å². The molecule has 2 aliphatic rings.